The Hall–Kier alpha value is -4.28. The molecule has 0 unspecified atom stereocenters. The van der Waals surface area contributed by atoms with E-state index in [1.807, 2.05) is 6.07 Å². The molecule has 1 saturated heterocycles. The summed E-state index contributed by atoms with van der Waals surface area (Å²) in [5.41, 5.74) is 3.14. The zero-order valence-electron chi connectivity index (χ0n) is 17.4. The molecule has 166 valence electrons. The molecule has 3 amide bonds. The van der Waals surface area contributed by atoms with Gasteiger partial charge in [-0.15, -0.1) is 0 Å². The first-order valence-corrected chi connectivity index (χ1v) is 10.7. The number of amides is 3. The molecule has 0 spiro atoms. The number of ether oxygens (including phenoxy) is 1. The molecular weight excluding hydrogens is 426 g/mol. The molecule has 0 radical (unpaired) electrons. The van der Waals surface area contributed by atoms with E-state index < -0.39 is 5.91 Å². The fourth-order valence-electron chi connectivity index (χ4n) is 3.86. The molecule has 6 rings (SSSR count). The van der Waals surface area contributed by atoms with E-state index in [9.17, 15) is 14.4 Å². The van der Waals surface area contributed by atoms with Crippen molar-refractivity contribution in [3.63, 3.8) is 0 Å². The molecule has 2 aromatic heterocycles. The second kappa shape index (κ2) is 7.40. The number of hydrogen-bond acceptors (Lipinski definition) is 8. The maximum absolute atomic E-state index is 12.0. The minimum absolute atomic E-state index is 0.000714. The van der Waals surface area contributed by atoms with Crippen molar-refractivity contribution in [2.75, 3.05) is 10.6 Å². The molecule has 0 atom stereocenters. The summed E-state index contributed by atoms with van der Waals surface area (Å²) in [6, 6.07) is 5.85. The number of aromatic nitrogens is 4. The number of benzene rings is 1. The van der Waals surface area contributed by atoms with E-state index in [1.54, 1.807) is 28.9 Å². The van der Waals surface area contributed by atoms with Crippen LogP contribution in [0.2, 0.25) is 0 Å². The van der Waals surface area contributed by atoms with Gasteiger partial charge in [-0.1, -0.05) is 0 Å². The van der Waals surface area contributed by atoms with Crippen molar-refractivity contribution in [3.05, 3.63) is 41.1 Å². The smallest absolute Gasteiger partial charge is 0.327 e. The van der Waals surface area contributed by atoms with Crippen molar-refractivity contribution < 1.29 is 19.1 Å². The lowest BCUT2D eigenvalue weighted by Gasteiger charge is -2.17. The summed E-state index contributed by atoms with van der Waals surface area (Å²) in [4.78, 5) is 44.2. The Labute approximate surface area is 187 Å². The molecule has 1 aliphatic carbocycles. The van der Waals surface area contributed by atoms with Crippen LogP contribution in [-0.2, 0) is 20.8 Å². The molecule has 3 N–H and O–H groups in total. The zero-order valence-corrected chi connectivity index (χ0v) is 17.4. The molecule has 33 heavy (non-hydrogen) atoms. The summed E-state index contributed by atoms with van der Waals surface area (Å²) in [6.07, 6.45) is 6.35. The highest BCUT2D eigenvalue weighted by Gasteiger charge is 2.26. The van der Waals surface area contributed by atoms with Crippen molar-refractivity contribution in [1.82, 2.24) is 24.9 Å². The Kier molecular flexibility index (Phi) is 4.35. The Morgan fingerprint density at radius 3 is 2.76 bits per heavy atom. The van der Waals surface area contributed by atoms with Crippen LogP contribution < -0.4 is 20.7 Å². The maximum Gasteiger partial charge on any atom is 0.327 e. The molecule has 1 aromatic carbocycles. The van der Waals surface area contributed by atoms with Gasteiger partial charge in [-0.2, -0.15) is 19.6 Å². The van der Waals surface area contributed by atoms with E-state index in [4.69, 9.17) is 4.74 Å². The minimum Gasteiger partial charge on any atom is -0.424 e. The molecule has 1 saturated carbocycles. The highest BCUT2D eigenvalue weighted by Crippen LogP contribution is 2.31. The lowest BCUT2D eigenvalue weighted by Crippen LogP contribution is -2.19. The summed E-state index contributed by atoms with van der Waals surface area (Å²) in [7, 11) is 0. The number of nitrogens with zero attached hydrogens (tertiary/aromatic N) is 4. The van der Waals surface area contributed by atoms with Crippen molar-refractivity contribution >= 4 is 41.1 Å². The van der Waals surface area contributed by atoms with Gasteiger partial charge in [0, 0.05) is 29.3 Å². The van der Waals surface area contributed by atoms with Gasteiger partial charge in [0.05, 0.1) is 12.6 Å². The zero-order chi connectivity index (χ0) is 22.5. The molecule has 3 aliphatic rings. The maximum atomic E-state index is 12.0. The molecule has 0 bridgehead atoms. The van der Waals surface area contributed by atoms with Crippen molar-refractivity contribution in [3.8, 4) is 11.8 Å². The van der Waals surface area contributed by atoms with Gasteiger partial charge in [-0.25, -0.2) is 0 Å². The SMILES string of the molecule is O=C1C/C(=C\c2cnn3c(NC4CC4)nc(Oc4ccc5c(c4)CCC(=O)N5)nc23)C(=O)N1. The lowest BCUT2D eigenvalue weighted by molar-refractivity contribution is -0.124. The van der Waals surface area contributed by atoms with Crippen LogP contribution in [0.15, 0.2) is 30.0 Å². The Bertz CT molecular complexity index is 1370. The number of carbonyl (C=O) groups is 3. The van der Waals surface area contributed by atoms with Gasteiger partial charge in [0.25, 0.3) is 5.91 Å². The largest absolute Gasteiger partial charge is 0.424 e. The first kappa shape index (κ1) is 19.4. The third-order valence-corrected chi connectivity index (χ3v) is 5.69. The highest BCUT2D eigenvalue weighted by atomic mass is 16.5. The van der Waals surface area contributed by atoms with Crippen molar-refractivity contribution in [2.45, 2.75) is 38.1 Å². The van der Waals surface area contributed by atoms with E-state index in [0.29, 0.717) is 47.4 Å². The predicted molar refractivity (Wildman–Crippen MR) is 117 cm³/mol. The monoisotopic (exact) mass is 445 g/mol. The Morgan fingerprint density at radius 2 is 1.97 bits per heavy atom. The molecule has 4 heterocycles. The van der Waals surface area contributed by atoms with Crippen LogP contribution in [0.4, 0.5) is 11.6 Å². The van der Waals surface area contributed by atoms with Crippen LogP contribution in [0.1, 0.15) is 36.8 Å². The minimum atomic E-state index is -0.414. The number of anilines is 2. The van der Waals surface area contributed by atoms with Gasteiger partial charge in [0.2, 0.25) is 17.8 Å². The van der Waals surface area contributed by atoms with Gasteiger partial charge < -0.3 is 15.4 Å². The third-order valence-electron chi connectivity index (χ3n) is 5.69. The van der Waals surface area contributed by atoms with Crippen molar-refractivity contribution in [2.24, 2.45) is 0 Å². The molecule has 11 heteroatoms. The molecule has 3 aromatic rings. The van der Waals surface area contributed by atoms with E-state index >= 15 is 0 Å². The lowest BCUT2D eigenvalue weighted by atomic mass is 10.0. The van der Waals surface area contributed by atoms with E-state index in [1.165, 1.54) is 0 Å². The Balaban J connectivity index is 1.38. The summed E-state index contributed by atoms with van der Waals surface area (Å²) in [6.45, 7) is 0. The van der Waals surface area contributed by atoms with E-state index in [2.05, 4.69) is 31.0 Å². The number of imide groups is 1. The summed E-state index contributed by atoms with van der Waals surface area (Å²) in [5.74, 6) is 0.287. The van der Waals surface area contributed by atoms with Gasteiger partial charge in [-0.05, 0) is 49.1 Å². The quantitative estimate of drug-likeness (QED) is 0.399. The number of carbonyl (C=O) groups excluding carboxylic acids is 3. The molecular formula is C22H19N7O4. The van der Waals surface area contributed by atoms with Crippen LogP contribution >= 0.6 is 0 Å². The summed E-state index contributed by atoms with van der Waals surface area (Å²) >= 11 is 0. The van der Waals surface area contributed by atoms with Crippen molar-refractivity contribution in [1.29, 1.82) is 0 Å². The van der Waals surface area contributed by atoms with E-state index in [-0.39, 0.29) is 24.2 Å². The number of fused-ring (bicyclic) bond motifs is 2. The molecule has 2 aliphatic heterocycles. The van der Waals surface area contributed by atoms with Crippen LogP contribution in [0.3, 0.4) is 0 Å². The number of rotatable bonds is 5. The predicted octanol–water partition coefficient (Wildman–Crippen LogP) is 1.81. The topological polar surface area (TPSA) is 140 Å². The average molecular weight is 445 g/mol. The second-order valence-corrected chi connectivity index (χ2v) is 8.28. The number of aryl methyl sites for hydroxylation is 1. The standard InChI is InChI=1S/C22H19N7O4/c30-17-6-1-11-8-15(4-5-16(11)25-17)33-22-27-19-13(7-12-9-18(31)26-20(12)32)10-23-29(19)21(28-22)24-14-2-3-14/h4-5,7-8,10,14H,1-3,6,9H2,(H,25,30)(H,24,27,28)(H,26,31,32)/b12-7+. The normalized spacial score (nSPS) is 18.9. The fourth-order valence-corrected chi connectivity index (χ4v) is 3.86. The fraction of sp³-hybridized carbons (Fsp3) is 0.273. The summed E-state index contributed by atoms with van der Waals surface area (Å²) < 4.78 is 7.55. The van der Waals surface area contributed by atoms with Crippen LogP contribution in [-0.4, -0.2) is 43.3 Å². The number of nitrogens with one attached hydrogen (secondary N) is 3. The van der Waals surface area contributed by atoms with Crippen LogP contribution in [0.5, 0.6) is 11.8 Å². The van der Waals surface area contributed by atoms with Crippen LogP contribution in [0, 0.1) is 0 Å². The summed E-state index contributed by atoms with van der Waals surface area (Å²) in [5, 5.41) is 12.8. The molecule has 11 nitrogen and oxygen atoms in total. The van der Waals surface area contributed by atoms with Gasteiger partial charge in [0.1, 0.15) is 5.75 Å². The third kappa shape index (κ3) is 3.77. The van der Waals surface area contributed by atoms with Gasteiger partial charge in [-0.3, -0.25) is 19.7 Å². The Morgan fingerprint density at radius 1 is 1.09 bits per heavy atom. The second-order valence-electron chi connectivity index (χ2n) is 8.28. The van der Waals surface area contributed by atoms with Gasteiger partial charge >= 0.3 is 6.01 Å². The first-order valence-electron chi connectivity index (χ1n) is 10.7. The van der Waals surface area contributed by atoms with Crippen LogP contribution in [0.25, 0.3) is 11.7 Å². The first-order chi connectivity index (χ1) is 16.0. The van der Waals surface area contributed by atoms with E-state index in [0.717, 1.165) is 24.1 Å². The average Bonchev–Trinajstić information content (AvgIpc) is 3.42. The highest BCUT2D eigenvalue weighted by molar-refractivity contribution is 6.15. The number of hydrogen-bond donors (Lipinski definition) is 3. The molecule has 2 fully saturated rings. The van der Waals surface area contributed by atoms with Gasteiger partial charge in [0.15, 0.2) is 5.65 Å².